The van der Waals surface area contributed by atoms with Crippen molar-refractivity contribution in [1.82, 2.24) is 24.9 Å². The van der Waals surface area contributed by atoms with Gasteiger partial charge in [-0.1, -0.05) is 97.1 Å². The standard InChI is InChI=1S/5C10H9N/c1-8-4-2-6-10-9(8)5-3-7-11-10;1-8-3-2-4-9-7-11-6-5-10(8)9;1-8-3-2-4-9-5-6-11-7-10(8)9;1-8-6-11-7-9-4-2-3-5-10(8)9;1-8-6-7-11-10-5-3-2-4-9(8)10/h5*2-7H,1H3. The highest BCUT2D eigenvalue weighted by Crippen LogP contribution is 2.18. The van der Waals surface area contributed by atoms with Crippen LogP contribution >= 0.6 is 0 Å². The average Bonchev–Trinajstić information content (AvgIpc) is 3.23. The van der Waals surface area contributed by atoms with E-state index in [1.54, 1.807) is 0 Å². The lowest BCUT2D eigenvalue weighted by atomic mass is 10.1. The molecular weight excluding hydrogens is 671 g/mol. The number of nitrogens with zero attached hydrogens (tertiary/aromatic N) is 5. The molecule has 5 nitrogen and oxygen atoms in total. The molecule has 10 aromatic rings. The minimum atomic E-state index is 1.08. The second-order valence-electron chi connectivity index (χ2n) is 13.3. The van der Waals surface area contributed by atoms with Crippen LogP contribution in [0.3, 0.4) is 0 Å². The average molecular weight is 716 g/mol. The number of rotatable bonds is 0. The van der Waals surface area contributed by atoms with Gasteiger partial charge in [-0.15, -0.1) is 0 Å². The molecule has 0 radical (unpaired) electrons. The smallest absolute Gasteiger partial charge is 0.0704 e. The van der Waals surface area contributed by atoms with Gasteiger partial charge in [-0.3, -0.25) is 24.9 Å². The predicted molar refractivity (Wildman–Crippen MR) is 232 cm³/mol. The summed E-state index contributed by atoms with van der Waals surface area (Å²) in [6.07, 6.45) is 14.9. The number of benzene rings is 5. The zero-order chi connectivity index (χ0) is 38.4. The Bertz CT molecular complexity index is 2320. The van der Waals surface area contributed by atoms with Crippen molar-refractivity contribution in [2.24, 2.45) is 0 Å². The van der Waals surface area contributed by atoms with Crippen LogP contribution in [-0.4, -0.2) is 24.9 Å². The van der Waals surface area contributed by atoms with E-state index in [9.17, 15) is 0 Å². The normalized spacial score (nSPS) is 10.3. The van der Waals surface area contributed by atoms with Crippen LogP contribution in [-0.2, 0) is 0 Å². The van der Waals surface area contributed by atoms with Crippen molar-refractivity contribution in [1.29, 1.82) is 0 Å². The Hall–Kier alpha value is -6.85. The van der Waals surface area contributed by atoms with E-state index < -0.39 is 0 Å². The van der Waals surface area contributed by atoms with Crippen LogP contribution in [0.1, 0.15) is 27.8 Å². The third-order valence-electron chi connectivity index (χ3n) is 9.40. The maximum Gasteiger partial charge on any atom is 0.0704 e. The molecule has 0 saturated carbocycles. The first-order valence-corrected chi connectivity index (χ1v) is 18.4. The monoisotopic (exact) mass is 715 g/mol. The summed E-state index contributed by atoms with van der Waals surface area (Å²) in [5.41, 5.74) is 8.56. The molecule has 5 aromatic carbocycles. The van der Waals surface area contributed by atoms with Gasteiger partial charge in [-0.2, -0.15) is 0 Å². The van der Waals surface area contributed by atoms with Gasteiger partial charge < -0.3 is 0 Å². The molecule has 5 heteroatoms. The zero-order valence-electron chi connectivity index (χ0n) is 32.1. The molecule has 10 rings (SSSR count). The Balaban J connectivity index is 0.000000117. The molecular formula is C50H45N5. The molecule has 0 fully saturated rings. The highest BCUT2D eigenvalue weighted by Gasteiger charge is 1.97. The summed E-state index contributed by atoms with van der Waals surface area (Å²) < 4.78 is 0. The number of pyridine rings is 5. The second-order valence-corrected chi connectivity index (χ2v) is 13.3. The Kier molecular flexibility index (Phi) is 12.9. The highest BCUT2D eigenvalue weighted by molar-refractivity contribution is 5.86. The lowest BCUT2D eigenvalue weighted by Gasteiger charge is -1.98. The van der Waals surface area contributed by atoms with Crippen molar-refractivity contribution >= 4 is 54.1 Å². The van der Waals surface area contributed by atoms with E-state index in [2.05, 4.69) is 132 Å². The van der Waals surface area contributed by atoms with Crippen molar-refractivity contribution in [2.75, 3.05) is 0 Å². The number of aromatic nitrogens is 5. The summed E-state index contributed by atoms with van der Waals surface area (Å²) in [5, 5.41) is 10.0. The summed E-state index contributed by atoms with van der Waals surface area (Å²) in [4.78, 5) is 20.7. The third kappa shape index (κ3) is 9.98. The van der Waals surface area contributed by atoms with Crippen molar-refractivity contribution in [3.63, 3.8) is 0 Å². The minimum Gasteiger partial charge on any atom is -0.264 e. The Morgan fingerprint density at radius 3 is 1.49 bits per heavy atom. The van der Waals surface area contributed by atoms with Crippen LogP contribution in [0.4, 0.5) is 0 Å². The van der Waals surface area contributed by atoms with Crippen molar-refractivity contribution < 1.29 is 0 Å². The molecule has 0 unspecified atom stereocenters. The maximum atomic E-state index is 4.24. The van der Waals surface area contributed by atoms with Crippen LogP contribution in [0.5, 0.6) is 0 Å². The number of para-hydroxylation sites is 1. The third-order valence-corrected chi connectivity index (χ3v) is 9.40. The fraction of sp³-hybridized carbons (Fsp3) is 0.100. The molecule has 0 spiro atoms. The van der Waals surface area contributed by atoms with Crippen molar-refractivity contribution in [3.8, 4) is 0 Å². The van der Waals surface area contributed by atoms with Gasteiger partial charge in [-0.05, 0) is 115 Å². The molecule has 0 bridgehead atoms. The van der Waals surface area contributed by atoms with Crippen molar-refractivity contribution in [2.45, 2.75) is 34.6 Å². The summed E-state index contributed by atoms with van der Waals surface area (Å²) in [6.45, 7) is 10.5. The van der Waals surface area contributed by atoms with E-state index in [1.807, 2.05) is 110 Å². The highest BCUT2D eigenvalue weighted by atomic mass is 14.6. The van der Waals surface area contributed by atoms with Crippen LogP contribution in [0.2, 0.25) is 0 Å². The van der Waals surface area contributed by atoms with Gasteiger partial charge in [0, 0.05) is 76.5 Å². The number of hydrogen-bond donors (Lipinski definition) is 0. The first-order chi connectivity index (χ1) is 26.9. The molecule has 0 aliphatic rings. The quantitative estimate of drug-likeness (QED) is 0.156. The largest absolute Gasteiger partial charge is 0.264 e. The maximum absolute atomic E-state index is 4.24. The molecule has 0 aliphatic heterocycles. The van der Waals surface area contributed by atoms with E-state index in [0.717, 1.165) is 11.0 Å². The fourth-order valence-corrected chi connectivity index (χ4v) is 6.31. The summed E-state index contributed by atoms with van der Waals surface area (Å²) in [6, 6.07) is 45.3. The summed E-state index contributed by atoms with van der Waals surface area (Å²) in [5.74, 6) is 0. The van der Waals surface area contributed by atoms with Gasteiger partial charge in [0.25, 0.3) is 0 Å². The molecule has 5 aromatic heterocycles. The zero-order valence-corrected chi connectivity index (χ0v) is 32.1. The van der Waals surface area contributed by atoms with E-state index in [1.165, 1.54) is 70.9 Å². The fourth-order valence-electron chi connectivity index (χ4n) is 6.31. The molecule has 0 saturated heterocycles. The van der Waals surface area contributed by atoms with Crippen LogP contribution in [0.25, 0.3) is 54.1 Å². The minimum absolute atomic E-state index is 1.08. The Morgan fingerprint density at radius 2 is 0.764 bits per heavy atom. The van der Waals surface area contributed by atoms with Crippen molar-refractivity contribution in [3.05, 3.63) is 211 Å². The first kappa shape index (κ1) is 37.9. The van der Waals surface area contributed by atoms with E-state index in [-0.39, 0.29) is 0 Å². The second kappa shape index (κ2) is 18.8. The lowest BCUT2D eigenvalue weighted by Crippen LogP contribution is -1.79. The van der Waals surface area contributed by atoms with Gasteiger partial charge in [0.05, 0.1) is 11.0 Å². The van der Waals surface area contributed by atoms with Gasteiger partial charge in [0.1, 0.15) is 0 Å². The van der Waals surface area contributed by atoms with Gasteiger partial charge in [0.2, 0.25) is 0 Å². The SMILES string of the molecule is Cc1cccc2ccncc12.Cc1cccc2cnccc12.Cc1cccc2ncccc12.Cc1ccnc2ccccc12.Cc1cncc2ccccc12. The lowest BCUT2D eigenvalue weighted by molar-refractivity contribution is 1.31. The summed E-state index contributed by atoms with van der Waals surface area (Å²) in [7, 11) is 0. The Morgan fingerprint density at radius 1 is 0.273 bits per heavy atom. The Labute approximate surface area is 323 Å². The first-order valence-electron chi connectivity index (χ1n) is 18.4. The number of aryl methyl sites for hydroxylation is 5. The van der Waals surface area contributed by atoms with Gasteiger partial charge in [-0.25, -0.2) is 0 Å². The van der Waals surface area contributed by atoms with Gasteiger partial charge in [0.15, 0.2) is 0 Å². The molecule has 5 heterocycles. The molecule has 270 valence electrons. The van der Waals surface area contributed by atoms with Crippen LogP contribution in [0, 0.1) is 34.6 Å². The van der Waals surface area contributed by atoms with E-state index >= 15 is 0 Å². The number of hydrogen-bond acceptors (Lipinski definition) is 5. The summed E-state index contributed by atoms with van der Waals surface area (Å²) >= 11 is 0. The molecule has 0 aliphatic carbocycles. The number of fused-ring (bicyclic) bond motifs is 5. The molecule has 0 atom stereocenters. The van der Waals surface area contributed by atoms with E-state index in [4.69, 9.17) is 0 Å². The van der Waals surface area contributed by atoms with Gasteiger partial charge >= 0.3 is 0 Å². The molecule has 0 N–H and O–H groups in total. The molecule has 55 heavy (non-hydrogen) atoms. The van der Waals surface area contributed by atoms with E-state index in [0.29, 0.717) is 0 Å². The van der Waals surface area contributed by atoms with Crippen LogP contribution in [0.15, 0.2) is 183 Å². The molecule has 0 amide bonds. The topological polar surface area (TPSA) is 64.5 Å². The van der Waals surface area contributed by atoms with Crippen LogP contribution < -0.4 is 0 Å². The predicted octanol–water partition coefficient (Wildman–Crippen LogP) is 12.7.